The van der Waals surface area contributed by atoms with Crippen LogP contribution >= 0.6 is 15.9 Å². The zero-order chi connectivity index (χ0) is 25.1. The Bertz CT molecular complexity index is 1500. The number of benzene rings is 2. The number of hydrogen-bond donors (Lipinski definition) is 1. The van der Waals surface area contributed by atoms with Crippen molar-refractivity contribution in [3.63, 3.8) is 0 Å². The maximum Gasteiger partial charge on any atom is 0.326 e. The molecule has 180 valence electrons. The zero-order valence-corrected chi connectivity index (χ0v) is 21.0. The molecule has 1 N–H and O–H groups in total. The van der Waals surface area contributed by atoms with Gasteiger partial charge in [0, 0.05) is 49.9 Å². The average Bonchev–Trinajstić information content (AvgIpc) is 3.21. The highest BCUT2D eigenvalue weighted by Gasteiger charge is 2.26. The van der Waals surface area contributed by atoms with E-state index < -0.39 is 0 Å². The van der Waals surface area contributed by atoms with Gasteiger partial charge in [0.1, 0.15) is 10.4 Å². The summed E-state index contributed by atoms with van der Waals surface area (Å²) in [6.45, 7) is 2.58. The van der Waals surface area contributed by atoms with Crippen LogP contribution in [0.1, 0.15) is 27.9 Å². The van der Waals surface area contributed by atoms with Crippen LogP contribution in [0.4, 0.5) is 9.18 Å². The Morgan fingerprint density at radius 3 is 2.81 bits per heavy atom. The zero-order valence-electron chi connectivity index (χ0n) is 19.4. The molecule has 0 saturated carbocycles. The number of amides is 1. The summed E-state index contributed by atoms with van der Waals surface area (Å²) in [5.74, 6) is -0.249. The molecule has 36 heavy (non-hydrogen) atoms. The summed E-state index contributed by atoms with van der Waals surface area (Å²) in [4.78, 5) is 19.8. The molecule has 1 aliphatic heterocycles. The molecule has 0 spiro atoms. The molecule has 0 radical (unpaired) electrons. The lowest BCUT2D eigenvalue weighted by molar-refractivity contribution is 0.240. The second-order valence-corrected chi connectivity index (χ2v) is 9.50. The number of nitrogens with zero attached hydrogens (tertiary/aromatic N) is 4. The minimum Gasteiger partial charge on any atom is -0.333 e. The average molecular weight is 544 g/mol. The first-order chi connectivity index (χ1) is 17.5. The number of carbonyl (C=O) groups is 1. The molecule has 0 saturated heterocycles. The predicted octanol–water partition coefficient (Wildman–Crippen LogP) is 5.64. The number of fused-ring (bicyclic) bond motifs is 3. The van der Waals surface area contributed by atoms with E-state index in [1.54, 1.807) is 29.0 Å². The van der Waals surface area contributed by atoms with Gasteiger partial charge in [-0.2, -0.15) is 5.26 Å². The van der Waals surface area contributed by atoms with Crippen LogP contribution in [0.3, 0.4) is 0 Å². The number of aromatic nitrogens is 2. The molecule has 0 bridgehead atoms. The van der Waals surface area contributed by atoms with Crippen molar-refractivity contribution in [1.82, 2.24) is 19.8 Å². The molecule has 3 heterocycles. The van der Waals surface area contributed by atoms with Crippen LogP contribution in [0, 0.1) is 17.1 Å². The van der Waals surface area contributed by atoms with E-state index in [0.717, 1.165) is 51.0 Å². The van der Waals surface area contributed by atoms with Gasteiger partial charge in [-0.15, -0.1) is 0 Å². The van der Waals surface area contributed by atoms with E-state index in [0.29, 0.717) is 25.1 Å². The molecule has 1 amide bonds. The van der Waals surface area contributed by atoms with Gasteiger partial charge in [-0.25, -0.2) is 14.2 Å². The van der Waals surface area contributed by atoms with Crippen LogP contribution in [0.5, 0.6) is 0 Å². The van der Waals surface area contributed by atoms with E-state index in [2.05, 4.69) is 43.3 Å². The number of nitriles is 1. The Morgan fingerprint density at radius 1 is 1.19 bits per heavy atom. The largest absolute Gasteiger partial charge is 0.333 e. The number of halogens is 2. The first-order valence-electron chi connectivity index (χ1n) is 11.6. The minimum atomic E-state index is -0.249. The van der Waals surface area contributed by atoms with Gasteiger partial charge in [0.15, 0.2) is 0 Å². The van der Waals surface area contributed by atoms with Crippen LogP contribution in [-0.4, -0.2) is 33.6 Å². The second kappa shape index (κ2) is 10.4. The Labute approximate surface area is 216 Å². The standard InChI is InChI=1S/C28H23BrFN5O/c29-27-15-21(9-11-32-27)17-33-28(36)35-25-8-5-20(16-31)14-23(25)24-18-34(13-10-26(24)35)12-1-2-19-3-6-22(30)7-4-19/h1-9,11,14-15H,10,12-13,17-18H2,(H,33,36). The first kappa shape index (κ1) is 23.9. The lowest BCUT2D eigenvalue weighted by atomic mass is 10.0. The van der Waals surface area contributed by atoms with Gasteiger partial charge in [-0.3, -0.25) is 9.47 Å². The molecule has 1 aliphatic rings. The second-order valence-electron chi connectivity index (χ2n) is 8.69. The fourth-order valence-corrected chi connectivity index (χ4v) is 5.00. The molecule has 0 aliphatic carbocycles. The van der Waals surface area contributed by atoms with Gasteiger partial charge >= 0.3 is 6.03 Å². The maximum absolute atomic E-state index is 13.3. The van der Waals surface area contributed by atoms with E-state index in [4.69, 9.17) is 0 Å². The SMILES string of the molecule is N#Cc1ccc2c(c1)c1c(n2C(=O)NCc2ccnc(Br)c2)CCN(CC=Cc2ccc(F)cc2)C1. The van der Waals surface area contributed by atoms with Crippen molar-refractivity contribution in [3.05, 3.63) is 105 Å². The molecule has 8 heteroatoms. The minimum absolute atomic E-state index is 0.191. The van der Waals surface area contributed by atoms with Crippen molar-refractivity contribution in [1.29, 1.82) is 5.26 Å². The first-order valence-corrected chi connectivity index (χ1v) is 12.4. The molecule has 2 aromatic heterocycles. The fourth-order valence-electron chi connectivity index (χ4n) is 4.59. The lowest BCUT2D eigenvalue weighted by Gasteiger charge is -2.27. The summed E-state index contributed by atoms with van der Waals surface area (Å²) < 4.78 is 15.6. The topological polar surface area (TPSA) is 74.0 Å². The molecule has 0 fully saturated rings. The monoisotopic (exact) mass is 543 g/mol. The number of rotatable bonds is 5. The Kier molecular flexibility index (Phi) is 6.94. The Balaban J connectivity index is 1.39. The Hall–Kier alpha value is -3.80. The maximum atomic E-state index is 13.3. The third kappa shape index (κ3) is 5.08. The van der Waals surface area contributed by atoms with Crippen LogP contribution in [0.2, 0.25) is 0 Å². The van der Waals surface area contributed by atoms with Crippen LogP contribution in [0.15, 0.2) is 71.5 Å². The molecule has 2 aromatic carbocycles. The smallest absolute Gasteiger partial charge is 0.326 e. The highest BCUT2D eigenvalue weighted by atomic mass is 79.9. The van der Waals surface area contributed by atoms with E-state index in [1.807, 2.05) is 30.3 Å². The molecule has 4 aromatic rings. The Morgan fingerprint density at radius 2 is 2.03 bits per heavy atom. The van der Waals surface area contributed by atoms with Crippen molar-refractivity contribution in [2.24, 2.45) is 0 Å². The summed E-state index contributed by atoms with van der Waals surface area (Å²) >= 11 is 3.36. The van der Waals surface area contributed by atoms with Gasteiger partial charge in [-0.1, -0.05) is 24.3 Å². The van der Waals surface area contributed by atoms with Crippen LogP contribution in [-0.2, 0) is 19.5 Å². The highest BCUT2D eigenvalue weighted by Crippen LogP contribution is 2.31. The van der Waals surface area contributed by atoms with Gasteiger partial charge in [-0.05, 0) is 75.1 Å². The number of pyridine rings is 1. The van der Waals surface area contributed by atoms with E-state index in [9.17, 15) is 14.4 Å². The summed E-state index contributed by atoms with van der Waals surface area (Å²) in [6, 6.07) is 17.6. The van der Waals surface area contributed by atoms with E-state index >= 15 is 0 Å². The normalized spacial score (nSPS) is 13.6. The fraction of sp³-hybridized carbons (Fsp3) is 0.179. The molecule has 0 atom stereocenters. The van der Waals surface area contributed by atoms with Gasteiger partial charge in [0.05, 0.1) is 17.1 Å². The lowest BCUT2D eigenvalue weighted by Crippen LogP contribution is -2.34. The van der Waals surface area contributed by atoms with Crippen molar-refractivity contribution in [2.45, 2.75) is 19.5 Å². The van der Waals surface area contributed by atoms with Crippen molar-refractivity contribution in [2.75, 3.05) is 13.1 Å². The quantitative estimate of drug-likeness (QED) is 0.330. The summed E-state index contributed by atoms with van der Waals surface area (Å²) in [7, 11) is 0. The third-order valence-corrected chi connectivity index (χ3v) is 6.77. The van der Waals surface area contributed by atoms with E-state index in [-0.39, 0.29) is 11.8 Å². The van der Waals surface area contributed by atoms with Gasteiger partial charge < -0.3 is 5.32 Å². The number of hydrogen-bond acceptors (Lipinski definition) is 4. The van der Waals surface area contributed by atoms with Gasteiger partial charge in [0.2, 0.25) is 0 Å². The summed E-state index contributed by atoms with van der Waals surface area (Å²) in [5, 5.41) is 13.4. The summed E-state index contributed by atoms with van der Waals surface area (Å²) in [6.07, 6.45) is 6.46. The molecule has 6 nitrogen and oxygen atoms in total. The van der Waals surface area contributed by atoms with Crippen molar-refractivity contribution < 1.29 is 9.18 Å². The molecule has 0 unspecified atom stereocenters. The van der Waals surface area contributed by atoms with Crippen LogP contribution < -0.4 is 5.32 Å². The van der Waals surface area contributed by atoms with Crippen LogP contribution in [0.25, 0.3) is 17.0 Å². The predicted molar refractivity (Wildman–Crippen MR) is 141 cm³/mol. The number of carbonyl (C=O) groups excluding carboxylic acids is 1. The molecular formula is C28H23BrFN5O. The highest BCUT2D eigenvalue weighted by molar-refractivity contribution is 9.10. The third-order valence-electron chi connectivity index (χ3n) is 6.34. The molecule has 5 rings (SSSR count). The van der Waals surface area contributed by atoms with Crippen molar-refractivity contribution in [3.8, 4) is 6.07 Å². The van der Waals surface area contributed by atoms with Crippen molar-refractivity contribution >= 4 is 38.9 Å². The van der Waals surface area contributed by atoms with E-state index in [1.165, 1.54) is 12.1 Å². The number of nitrogens with one attached hydrogen (secondary N) is 1. The summed E-state index contributed by atoms with van der Waals surface area (Å²) in [5.41, 5.74) is 5.32. The molecular weight excluding hydrogens is 521 g/mol. The van der Waals surface area contributed by atoms with Gasteiger partial charge in [0.25, 0.3) is 0 Å².